The number of aryl methyl sites for hydroxylation is 2. The second-order valence-electron chi connectivity index (χ2n) is 5.45. The summed E-state index contributed by atoms with van der Waals surface area (Å²) < 4.78 is 0. The Bertz CT molecular complexity index is 774. The standard InChI is InChI=1S/C18H20N2O/c1-3-4-13-5-6-15(11-21)16(9-13)14-7-8-17-18(10-14)20-12(2)19-17/h5-10,21H,3-4,11H2,1-2H3,(H,19,20). The van der Waals surface area contributed by atoms with Crippen molar-refractivity contribution in [1.82, 2.24) is 9.97 Å². The van der Waals surface area contributed by atoms with Gasteiger partial charge in [0.1, 0.15) is 5.82 Å². The predicted molar refractivity (Wildman–Crippen MR) is 86.2 cm³/mol. The first-order valence-corrected chi connectivity index (χ1v) is 7.40. The molecule has 0 spiro atoms. The SMILES string of the molecule is CCCc1ccc(CO)c(-c2ccc3nc(C)[nH]c3c2)c1. The van der Waals surface area contributed by atoms with E-state index in [1.54, 1.807) is 0 Å². The monoisotopic (exact) mass is 280 g/mol. The molecule has 0 amide bonds. The topological polar surface area (TPSA) is 48.9 Å². The second kappa shape index (κ2) is 5.70. The highest BCUT2D eigenvalue weighted by atomic mass is 16.3. The van der Waals surface area contributed by atoms with Crippen molar-refractivity contribution in [2.45, 2.75) is 33.3 Å². The molecule has 0 atom stereocenters. The van der Waals surface area contributed by atoms with Crippen molar-refractivity contribution in [3.8, 4) is 11.1 Å². The maximum Gasteiger partial charge on any atom is 0.104 e. The van der Waals surface area contributed by atoms with Crippen molar-refractivity contribution in [2.24, 2.45) is 0 Å². The van der Waals surface area contributed by atoms with Gasteiger partial charge in [-0.25, -0.2) is 4.98 Å². The molecule has 0 bridgehead atoms. The fourth-order valence-corrected chi connectivity index (χ4v) is 2.78. The van der Waals surface area contributed by atoms with Gasteiger partial charge in [0.25, 0.3) is 0 Å². The first-order chi connectivity index (χ1) is 10.2. The van der Waals surface area contributed by atoms with Crippen molar-refractivity contribution in [2.75, 3.05) is 0 Å². The third-order valence-corrected chi connectivity index (χ3v) is 3.79. The number of hydrogen-bond donors (Lipinski definition) is 2. The van der Waals surface area contributed by atoms with Crippen LogP contribution in [-0.2, 0) is 13.0 Å². The summed E-state index contributed by atoms with van der Waals surface area (Å²) >= 11 is 0. The van der Waals surface area contributed by atoms with Gasteiger partial charge in [0.05, 0.1) is 17.6 Å². The average Bonchev–Trinajstić information content (AvgIpc) is 2.86. The van der Waals surface area contributed by atoms with Crippen LogP contribution in [0.15, 0.2) is 36.4 Å². The number of aliphatic hydroxyl groups excluding tert-OH is 1. The van der Waals surface area contributed by atoms with Crippen LogP contribution in [0.5, 0.6) is 0 Å². The van der Waals surface area contributed by atoms with Gasteiger partial charge < -0.3 is 10.1 Å². The first-order valence-electron chi connectivity index (χ1n) is 7.40. The van der Waals surface area contributed by atoms with E-state index in [9.17, 15) is 5.11 Å². The molecule has 0 saturated carbocycles. The molecule has 1 heterocycles. The fraction of sp³-hybridized carbons (Fsp3) is 0.278. The summed E-state index contributed by atoms with van der Waals surface area (Å²) in [6.45, 7) is 4.20. The van der Waals surface area contributed by atoms with Crippen LogP contribution in [0, 0.1) is 6.92 Å². The van der Waals surface area contributed by atoms with Crippen LogP contribution in [0.25, 0.3) is 22.2 Å². The molecule has 0 fully saturated rings. The molecule has 3 rings (SSSR count). The molecule has 1 aromatic heterocycles. The van der Waals surface area contributed by atoms with Crippen molar-refractivity contribution >= 4 is 11.0 Å². The molecule has 0 aliphatic carbocycles. The van der Waals surface area contributed by atoms with Crippen molar-refractivity contribution in [3.63, 3.8) is 0 Å². The minimum atomic E-state index is 0.0573. The second-order valence-corrected chi connectivity index (χ2v) is 5.45. The van der Waals surface area contributed by atoms with Crippen LogP contribution < -0.4 is 0 Å². The van der Waals surface area contributed by atoms with E-state index < -0.39 is 0 Å². The summed E-state index contributed by atoms with van der Waals surface area (Å²) in [5.41, 5.74) is 6.52. The van der Waals surface area contributed by atoms with E-state index >= 15 is 0 Å². The Labute approximate surface area is 124 Å². The Morgan fingerprint density at radius 1 is 1.14 bits per heavy atom. The van der Waals surface area contributed by atoms with E-state index in [-0.39, 0.29) is 6.61 Å². The molecule has 0 radical (unpaired) electrons. The number of nitrogens with zero attached hydrogens (tertiary/aromatic N) is 1. The number of imidazole rings is 1. The Morgan fingerprint density at radius 3 is 2.76 bits per heavy atom. The molecule has 2 N–H and O–H groups in total. The smallest absolute Gasteiger partial charge is 0.104 e. The minimum absolute atomic E-state index is 0.0573. The molecule has 108 valence electrons. The molecular weight excluding hydrogens is 260 g/mol. The maximum absolute atomic E-state index is 9.60. The van der Waals surface area contributed by atoms with E-state index in [1.165, 1.54) is 5.56 Å². The van der Waals surface area contributed by atoms with Crippen molar-refractivity contribution in [3.05, 3.63) is 53.3 Å². The van der Waals surface area contributed by atoms with Crippen LogP contribution in [0.3, 0.4) is 0 Å². The molecule has 0 aliphatic rings. The number of aliphatic hydroxyl groups is 1. The summed E-state index contributed by atoms with van der Waals surface area (Å²) in [6, 6.07) is 12.5. The molecule has 2 aromatic carbocycles. The van der Waals surface area contributed by atoms with E-state index in [1.807, 2.05) is 19.1 Å². The van der Waals surface area contributed by atoms with Crippen LogP contribution >= 0.6 is 0 Å². The Balaban J connectivity index is 2.12. The zero-order valence-corrected chi connectivity index (χ0v) is 12.5. The van der Waals surface area contributed by atoms with Gasteiger partial charge in [-0.05, 0) is 47.7 Å². The third-order valence-electron chi connectivity index (χ3n) is 3.79. The summed E-state index contributed by atoms with van der Waals surface area (Å²) in [7, 11) is 0. The molecule has 0 unspecified atom stereocenters. The van der Waals surface area contributed by atoms with Crippen molar-refractivity contribution < 1.29 is 5.11 Å². The molecule has 3 aromatic rings. The van der Waals surface area contributed by atoms with E-state index in [0.29, 0.717) is 0 Å². The molecule has 3 heteroatoms. The molecule has 3 nitrogen and oxygen atoms in total. The lowest BCUT2D eigenvalue weighted by Gasteiger charge is -2.10. The molecular formula is C18H20N2O. The molecule has 0 aliphatic heterocycles. The summed E-state index contributed by atoms with van der Waals surface area (Å²) in [5, 5.41) is 9.60. The number of rotatable bonds is 4. The lowest BCUT2D eigenvalue weighted by atomic mass is 9.96. The number of aromatic amines is 1. The Kier molecular flexibility index (Phi) is 3.76. The van der Waals surface area contributed by atoms with Gasteiger partial charge in [-0.2, -0.15) is 0 Å². The van der Waals surface area contributed by atoms with Crippen LogP contribution in [0.2, 0.25) is 0 Å². The summed E-state index contributed by atoms with van der Waals surface area (Å²) in [5.74, 6) is 0.921. The van der Waals surface area contributed by atoms with Gasteiger partial charge in [-0.15, -0.1) is 0 Å². The highest BCUT2D eigenvalue weighted by molar-refractivity contribution is 5.83. The number of aromatic nitrogens is 2. The van der Waals surface area contributed by atoms with Gasteiger partial charge in [-0.1, -0.05) is 37.6 Å². The number of hydrogen-bond acceptors (Lipinski definition) is 2. The van der Waals surface area contributed by atoms with Gasteiger partial charge in [-0.3, -0.25) is 0 Å². The van der Waals surface area contributed by atoms with Crippen LogP contribution in [-0.4, -0.2) is 15.1 Å². The molecule has 0 saturated heterocycles. The van der Waals surface area contributed by atoms with Gasteiger partial charge in [0, 0.05) is 0 Å². The van der Waals surface area contributed by atoms with E-state index in [0.717, 1.165) is 46.4 Å². The first kappa shape index (κ1) is 13.8. The fourth-order valence-electron chi connectivity index (χ4n) is 2.78. The highest BCUT2D eigenvalue weighted by Gasteiger charge is 2.08. The van der Waals surface area contributed by atoms with Crippen molar-refractivity contribution in [1.29, 1.82) is 0 Å². The largest absolute Gasteiger partial charge is 0.392 e. The van der Waals surface area contributed by atoms with Gasteiger partial charge in [0.2, 0.25) is 0 Å². The lowest BCUT2D eigenvalue weighted by molar-refractivity contribution is 0.282. The quantitative estimate of drug-likeness (QED) is 0.759. The van der Waals surface area contributed by atoms with Gasteiger partial charge in [0.15, 0.2) is 0 Å². The predicted octanol–water partition coefficient (Wildman–Crippen LogP) is 3.98. The Morgan fingerprint density at radius 2 is 2.00 bits per heavy atom. The average molecular weight is 280 g/mol. The third kappa shape index (κ3) is 2.69. The zero-order valence-electron chi connectivity index (χ0n) is 12.5. The van der Waals surface area contributed by atoms with E-state index in [4.69, 9.17) is 0 Å². The number of nitrogens with one attached hydrogen (secondary N) is 1. The van der Waals surface area contributed by atoms with Crippen LogP contribution in [0.1, 0.15) is 30.3 Å². The minimum Gasteiger partial charge on any atom is -0.392 e. The summed E-state index contributed by atoms with van der Waals surface area (Å²) in [4.78, 5) is 7.70. The maximum atomic E-state index is 9.60. The van der Waals surface area contributed by atoms with E-state index in [2.05, 4.69) is 41.2 Å². The summed E-state index contributed by atoms with van der Waals surface area (Å²) in [6.07, 6.45) is 2.18. The lowest BCUT2D eigenvalue weighted by Crippen LogP contribution is -1.93. The number of H-pyrrole nitrogens is 1. The number of benzene rings is 2. The normalized spacial score (nSPS) is 11.2. The molecule has 21 heavy (non-hydrogen) atoms. The number of fused-ring (bicyclic) bond motifs is 1. The highest BCUT2D eigenvalue weighted by Crippen LogP contribution is 2.28. The zero-order chi connectivity index (χ0) is 14.8. The van der Waals surface area contributed by atoms with Crippen LogP contribution in [0.4, 0.5) is 0 Å². The van der Waals surface area contributed by atoms with Gasteiger partial charge >= 0.3 is 0 Å². The Hall–Kier alpha value is -2.13.